The first-order chi connectivity index (χ1) is 3.60. The molecular weight excluding hydrogens is 328 g/mol. The van der Waals surface area contributed by atoms with Crippen LogP contribution in [0.2, 0.25) is 0 Å². The van der Waals surface area contributed by atoms with Crippen molar-refractivity contribution in [1.82, 2.24) is 3.11 Å². The molecule has 1 heterocycles. The van der Waals surface area contributed by atoms with Crippen LogP contribution < -0.4 is 0 Å². The molecule has 0 radical (unpaired) electrons. The largest absolute Gasteiger partial charge is 0.246 e. The van der Waals surface area contributed by atoms with E-state index in [4.69, 9.17) is 0 Å². The van der Waals surface area contributed by atoms with Crippen molar-refractivity contribution in [2.75, 3.05) is 13.1 Å². The standard InChI is InChI=1S/C5H9I2N/c1-5(6)2-3-8(7)4-5/h2-4H2,1H3. The molecule has 0 N–H and O–H groups in total. The van der Waals surface area contributed by atoms with Gasteiger partial charge in [-0.1, -0.05) is 22.6 Å². The van der Waals surface area contributed by atoms with E-state index in [-0.39, 0.29) is 0 Å². The summed E-state index contributed by atoms with van der Waals surface area (Å²) in [6.07, 6.45) is 1.34. The monoisotopic (exact) mass is 337 g/mol. The Balaban J connectivity index is 2.44. The molecule has 8 heavy (non-hydrogen) atoms. The van der Waals surface area contributed by atoms with Crippen molar-refractivity contribution in [3.8, 4) is 0 Å². The number of halogens is 2. The van der Waals surface area contributed by atoms with E-state index in [0.717, 1.165) is 0 Å². The van der Waals surface area contributed by atoms with Gasteiger partial charge in [0.15, 0.2) is 0 Å². The molecule has 0 aromatic carbocycles. The maximum absolute atomic E-state index is 2.53. The lowest BCUT2D eigenvalue weighted by molar-refractivity contribution is 0.618. The SMILES string of the molecule is CC1(I)CCN(I)C1. The van der Waals surface area contributed by atoms with E-state index in [0.29, 0.717) is 3.42 Å². The van der Waals surface area contributed by atoms with Crippen LogP contribution in [0.15, 0.2) is 0 Å². The maximum Gasteiger partial charge on any atom is 0.0341 e. The molecule has 0 spiro atoms. The summed E-state index contributed by atoms with van der Waals surface area (Å²) >= 11 is 4.92. The van der Waals surface area contributed by atoms with Gasteiger partial charge in [0.25, 0.3) is 0 Å². The Hall–Kier alpha value is 1.42. The van der Waals surface area contributed by atoms with E-state index in [1.165, 1.54) is 19.5 Å². The zero-order chi connectivity index (χ0) is 6.20. The van der Waals surface area contributed by atoms with Gasteiger partial charge in [0.1, 0.15) is 0 Å². The molecule has 0 amide bonds. The number of rotatable bonds is 0. The van der Waals surface area contributed by atoms with Crippen LogP contribution in [0, 0.1) is 0 Å². The second kappa shape index (κ2) is 2.57. The fourth-order valence-corrected chi connectivity index (χ4v) is 3.17. The highest BCUT2D eigenvalue weighted by molar-refractivity contribution is 14.1. The maximum atomic E-state index is 2.53. The van der Waals surface area contributed by atoms with Crippen molar-refractivity contribution >= 4 is 45.5 Å². The van der Waals surface area contributed by atoms with Gasteiger partial charge in [0.2, 0.25) is 0 Å². The first-order valence-corrected chi connectivity index (χ1v) is 4.74. The van der Waals surface area contributed by atoms with E-state index < -0.39 is 0 Å². The normalized spacial score (nSPS) is 40.9. The summed E-state index contributed by atoms with van der Waals surface area (Å²) in [6, 6.07) is 0. The van der Waals surface area contributed by atoms with Gasteiger partial charge in [-0.3, -0.25) is 0 Å². The van der Waals surface area contributed by atoms with Crippen LogP contribution in [0.5, 0.6) is 0 Å². The minimum Gasteiger partial charge on any atom is -0.246 e. The third-order valence-corrected chi connectivity index (χ3v) is 3.08. The zero-order valence-corrected chi connectivity index (χ0v) is 9.14. The average molecular weight is 337 g/mol. The first-order valence-electron chi connectivity index (χ1n) is 2.70. The molecule has 1 atom stereocenters. The molecule has 0 aromatic rings. The lowest BCUT2D eigenvalue weighted by Crippen LogP contribution is -2.17. The molecule has 0 aliphatic carbocycles. The molecule has 1 fully saturated rings. The molecule has 3 heteroatoms. The number of alkyl halides is 1. The lowest BCUT2D eigenvalue weighted by Gasteiger charge is -2.12. The predicted molar refractivity (Wildman–Crippen MR) is 52.6 cm³/mol. The molecule has 0 aromatic heterocycles. The smallest absolute Gasteiger partial charge is 0.0341 e. The second-order valence-electron chi connectivity index (χ2n) is 2.51. The molecule has 1 rings (SSSR count). The summed E-state index contributed by atoms with van der Waals surface area (Å²) in [6.45, 7) is 4.82. The Morgan fingerprint density at radius 3 is 2.38 bits per heavy atom. The number of hydrogen-bond acceptors (Lipinski definition) is 1. The highest BCUT2D eigenvalue weighted by Crippen LogP contribution is 2.31. The minimum absolute atomic E-state index is 0.555. The Kier molecular flexibility index (Phi) is 2.42. The Morgan fingerprint density at radius 1 is 1.62 bits per heavy atom. The Morgan fingerprint density at radius 2 is 2.25 bits per heavy atom. The highest BCUT2D eigenvalue weighted by Gasteiger charge is 2.29. The van der Waals surface area contributed by atoms with Crippen molar-refractivity contribution in [2.24, 2.45) is 0 Å². The van der Waals surface area contributed by atoms with Crippen molar-refractivity contribution in [3.63, 3.8) is 0 Å². The van der Waals surface area contributed by atoms with Crippen molar-refractivity contribution in [2.45, 2.75) is 16.8 Å². The summed E-state index contributed by atoms with van der Waals surface area (Å²) in [5.74, 6) is 0. The van der Waals surface area contributed by atoms with Gasteiger partial charge in [0.05, 0.1) is 0 Å². The molecule has 1 unspecified atom stereocenters. The quantitative estimate of drug-likeness (QED) is 0.372. The highest BCUT2D eigenvalue weighted by atomic mass is 127. The van der Waals surface area contributed by atoms with E-state index >= 15 is 0 Å². The van der Waals surface area contributed by atoms with Gasteiger partial charge in [-0.2, -0.15) is 0 Å². The van der Waals surface area contributed by atoms with E-state index in [2.05, 4.69) is 55.5 Å². The number of nitrogens with zero attached hydrogens (tertiary/aromatic N) is 1. The summed E-state index contributed by atoms with van der Waals surface area (Å²) in [4.78, 5) is 0. The van der Waals surface area contributed by atoms with Crippen molar-refractivity contribution in [1.29, 1.82) is 0 Å². The summed E-state index contributed by atoms with van der Waals surface area (Å²) < 4.78 is 2.91. The molecule has 1 aliphatic heterocycles. The topological polar surface area (TPSA) is 3.24 Å². The molecule has 1 saturated heterocycles. The second-order valence-corrected chi connectivity index (χ2v) is 6.48. The predicted octanol–water partition coefficient (Wildman–Crippen LogP) is 2.24. The lowest BCUT2D eigenvalue weighted by atomic mass is 10.2. The Labute approximate surface area is 77.8 Å². The van der Waals surface area contributed by atoms with E-state index in [1.54, 1.807) is 0 Å². The van der Waals surface area contributed by atoms with Gasteiger partial charge in [-0.05, 0) is 13.3 Å². The van der Waals surface area contributed by atoms with Crippen LogP contribution in [0.3, 0.4) is 0 Å². The van der Waals surface area contributed by atoms with Gasteiger partial charge in [-0.25, -0.2) is 3.11 Å². The third kappa shape index (κ3) is 1.98. The fourth-order valence-electron chi connectivity index (χ4n) is 0.870. The summed E-state index contributed by atoms with van der Waals surface area (Å²) in [5.41, 5.74) is 0. The molecule has 0 saturated carbocycles. The van der Waals surface area contributed by atoms with Crippen molar-refractivity contribution in [3.05, 3.63) is 0 Å². The van der Waals surface area contributed by atoms with Gasteiger partial charge in [0, 0.05) is 39.4 Å². The zero-order valence-electron chi connectivity index (χ0n) is 4.82. The van der Waals surface area contributed by atoms with Crippen LogP contribution in [0.4, 0.5) is 0 Å². The minimum atomic E-state index is 0.555. The first kappa shape index (κ1) is 7.53. The van der Waals surface area contributed by atoms with Gasteiger partial charge < -0.3 is 0 Å². The van der Waals surface area contributed by atoms with Crippen LogP contribution >= 0.6 is 45.5 Å². The average Bonchev–Trinajstić information content (AvgIpc) is 1.82. The van der Waals surface area contributed by atoms with Crippen LogP contribution in [0.1, 0.15) is 13.3 Å². The van der Waals surface area contributed by atoms with Crippen LogP contribution in [-0.4, -0.2) is 19.6 Å². The van der Waals surface area contributed by atoms with E-state index in [9.17, 15) is 0 Å². The van der Waals surface area contributed by atoms with Crippen molar-refractivity contribution < 1.29 is 0 Å². The van der Waals surface area contributed by atoms with Crippen LogP contribution in [-0.2, 0) is 0 Å². The molecular formula is C5H9I2N. The molecule has 0 bridgehead atoms. The molecule has 1 nitrogen and oxygen atoms in total. The number of hydrogen-bond donors (Lipinski definition) is 0. The van der Waals surface area contributed by atoms with Gasteiger partial charge in [-0.15, -0.1) is 0 Å². The third-order valence-electron chi connectivity index (χ3n) is 1.38. The van der Waals surface area contributed by atoms with Gasteiger partial charge >= 0.3 is 0 Å². The van der Waals surface area contributed by atoms with Crippen LogP contribution in [0.25, 0.3) is 0 Å². The summed E-state index contributed by atoms with van der Waals surface area (Å²) in [5, 5.41) is 0. The molecule has 1 aliphatic rings. The van der Waals surface area contributed by atoms with E-state index in [1.807, 2.05) is 0 Å². The summed E-state index contributed by atoms with van der Waals surface area (Å²) in [7, 11) is 0. The fraction of sp³-hybridized carbons (Fsp3) is 1.00. The Bertz CT molecular complexity index is 92.4. The molecule has 48 valence electrons.